The van der Waals surface area contributed by atoms with Gasteiger partial charge in [-0.2, -0.15) is 0 Å². The van der Waals surface area contributed by atoms with Gasteiger partial charge in [0.05, 0.1) is 0 Å². The average Bonchev–Trinajstić information content (AvgIpc) is 2.49. The summed E-state index contributed by atoms with van der Waals surface area (Å²) in [6.07, 6.45) is 1.55. The molecule has 1 saturated heterocycles. The highest BCUT2D eigenvalue weighted by atomic mass is 16.4. The van der Waals surface area contributed by atoms with E-state index in [1.54, 1.807) is 0 Å². The summed E-state index contributed by atoms with van der Waals surface area (Å²) >= 11 is 0. The fourth-order valence-electron chi connectivity index (χ4n) is 3.07. The maximum atomic E-state index is 11.8. The van der Waals surface area contributed by atoms with Crippen LogP contribution in [0.3, 0.4) is 0 Å². The second kappa shape index (κ2) is 6.16. The van der Waals surface area contributed by atoms with Crippen LogP contribution < -0.4 is 4.90 Å². The molecule has 1 fully saturated rings. The van der Waals surface area contributed by atoms with Crippen LogP contribution in [-0.2, 0) is 9.59 Å². The van der Waals surface area contributed by atoms with Crippen LogP contribution >= 0.6 is 0 Å². The van der Waals surface area contributed by atoms with E-state index in [-0.39, 0.29) is 6.04 Å². The molecule has 0 aromatic heterocycles. The molecule has 1 heterocycles. The van der Waals surface area contributed by atoms with Gasteiger partial charge in [-0.05, 0) is 38.8 Å². The number of nitrogens with zero attached hydrogens (tertiary/aromatic N) is 2. The number of hydrogen-bond donors (Lipinski definition) is 1. The van der Waals surface area contributed by atoms with Crippen molar-refractivity contribution in [3.05, 3.63) is 30.3 Å². The Morgan fingerprint density at radius 2 is 1.86 bits per heavy atom. The molecule has 21 heavy (non-hydrogen) atoms. The van der Waals surface area contributed by atoms with Gasteiger partial charge in [-0.25, -0.2) is 4.79 Å². The highest BCUT2D eigenvalue weighted by molar-refractivity contribution is 5.82. The number of anilines is 1. The van der Waals surface area contributed by atoms with Crippen LogP contribution in [0.2, 0.25) is 0 Å². The van der Waals surface area contributed by atoms with Crippen LogP contribution in [0, 0.1) is 0 Å². The number of carboxylic acids is 1. The minimum absolute atomic E-state index is 0.123. The van der Waals surface area contributed by atoms with Crippen molar-refractivity contribution in [3.63, 3.8) is 0 Å². The Morgan fingerprint density at radius 1 is 1.29 bits per heavy atom. The van der Waals surface area contributed by atoms with Crippen molar-refractivity contribution in [3.8, 4) is 0 Å². The third-order valence-corrected chi connectivity index (χ3v) is 4.27. The largest absolute Gasteiger partial charge is 0.479 e. The van der Waals surface area contributed by atoms with E-state index in [4.69, 9.17) is 0 Å². The first-order valence-corrected chi connectivity index (χ1v) is 7.28. The van der Waals surface area contributed by atoms with Crippen molar-refractivity contribution >= 4 is 18.1 Å². The van der Waals surface area contributed by atoms with Crippen LogP contribution in [0.5, 0.6) is 0 Å². The van der Waals surface area contributed by atoms with E-state index in [2.05, 4.69) is 4.90 Å². The summed E-state index contributed by atoms with van der Waals surface area (Å²) in [6.45, 7) is 4.96. The number of carbonyl (C=O) groups excluding carboxylic acids is 1. The summed E-state index contributed by atoms with van der Waals surface area (Å²) in [5.41, 5.74) is 0.0139. The number of carboxylic acid groups (broad SMARTS) is 1. The number of benzene rings is 1. The molecule has 5 nitrogen and oxygen atoms in total. The Labute approximate surface area is 125 Å². The topological polar surface area (TPSA) is 60.9 Å². The molecule has 0 unspecified atom stereocenters. The summed E-state index contributed by atoms with van der Waals surface area (Å²) in [7, 11) is 0. The summed E-state index contributed by atoms with van der Waals surface area (Å²) in [6, 6.07) is 9.82. The number of rotatable bonds is 5. The fourth-order valence-corrected chi connectivity index (χ4v) is 3.07. The maximum Gasteiger partial charge on any atom is 0.329 e. The Bertz CT molecular complexity index is 494. The van der Waals surface area contributed by atoms with E-state index in [0.717, 1.165) is 5.69 Å². The quantitative estimate of drug-likeness (QED) is 0.842. The first-order chi connectivity index (χ1) is 10.0. The van der Waals surface area contributed by atoms with Gasteiger partial charge in [-0.3, -0.25) is 4.79 Å². The molecule has 1 N–H and O–H groups in total. The predicted molar refractivity (Wildman–Crippen MR) is 81.3 cm³/mol. The van der Waals surface area contributed by atoms with E-state index in [9.17, 15) is 14.7 Å². The minimum Gasteiger partial charge on any atom is -0.479 e. The van der Waals surface area contributed by atoms with E-state index in [1.165, 1.54) is 4.90 Å². The number of aliphatic carboxylic acids is 1. The van der Waals surface area contributed by atoms with Gasteiger partial charge in [0.25, 0.3) is 0 Å². The van der Waals surface area contributed by atoms with E-state index in [1.807, 2.05) is 44.2 Å². The first kappa shape index (κ1) is 15.4. The molecule has 1 aromatic carbocycles. The van der Waals surface area contributed by atoms with Gasteiger partial charge in [-0.1, -0.05) is 18.2 Å². The smallest absolute Gasteiger partial charge is 0.329 e. The van der Waals surface area contributed by atoms with Gasteiger partial charge in [0.1, 0.15) is 5.54 Å². The van der Waals surface area contributed by atoms with Crippen LogP contribution in [-0.4, -0.2) is 47.1 Å². The van der Waals surface area contributed by atoms with Gasteiger partial charge in [0.2, 0.25) is 6.41 Å². The van der Waals surface area contributed by atoms with Gasteiger partial charge in [-0.15, -0.1) is 0 Å². The SMILES string of the molecule is CC(C)N(C=O)C1(C(=O)O)CCN(c2ccccc2)CC1. The number of piperidine rings is 1. The van der Waals surface area contributed by atoms with Crippen LogP contribution in [0.25, 0.3) is 0 Å². The summed E-state index contributed by atoms with van der Waals surface area (Å²) in [4.78, 5) is 26.8. The van der Waals surface area contributed by atoms with Gasteiger partial charge >= 0.3 is 5.97 Å². The summed E-state index contributed by atoms with van der Waals surface area (Å²) < 4.78 is 0. The Balaban J connectivity index is 2.18. The van der Waals surface area contributed by atoms with Crippen molar-refractivity contribution in [2.24, 2.45) is 0 Å². The highest BCUT2D eigenvalue weighted by Gasteiger charge is 2.47. The Kier molecular flexibility index (Phi) is 4.50. The average molecular weight is 290 g/mol. The maximum absolute atomic E-state index is 11.8. The first-order valence-electron chi connectivity index (χ1n) is 7.28. The molecule has 2 rings (SSSR count). The highest BCUT2D eigenvalue weighted by Crippen LogP contribution is 2.32. The van der Waals surface area contributed by atoms with Crippen molar-refractivity contribution in [1.82, 2.24) is 4.90 Å². The third kappa shape index (κ3) is 2.86. The zero-order valence-corrected chi connectivity index (χ0v) is 12.5. The second-order valence-electron chi connectivity index (χ2n) is 5.77. The lowest BCUT2D eigenvalue weighted by atomic mass is 9.84. The lowest BCUT2D eigenvalue weighted by Gasteiger charge is -2.46. The van der Waals surface area contributed by atoms with Gasteiger partial charge in [0, 0.05) is 24.8 Å². The van der Waals surface area contributed by atoms with Crippen molar-refractivity contribution < 1.29 is 14.7 Å². The Morgan fingerprint density at radius 3 is 2.29 bits per heavy atom. The lowest BCUT2D eigenvalue weighted by molar-refractivity contribution is -0.158. The lowest BCUT2D eigenvalue weighted by Crippen LogP contribution is -2.61. The third-order valence-electron chi connectivity index (χ3n) is 4.27. The molecule has 1 amide bonds. The zero-order valence-electron chi connectivity index (χ0n) is 12.5. The summed E-state index contributed by atoms with van der Waals surface area (Å²) in [5, 5.41) is 9.68. The van der Waals surface area contributed by atoms with E-state index >= 15 is 0 Å². The van der Waals surface area contributed by atoms with Crippen LogP contribution in [0.15, 0.2) is 30.3 Å². The molecule has 0 spiro atoms. The van der Waals surface area contributed by atoms with Gasteiger partial charge in [0.15, 0.2) is 0 Å². The molecule has 1 aliphatic rings. The molecule has 0 atom stereocenters. The van der Waals surface area contributed by atoms with Crippen molar-refractivity contribution in [2.45, 2.75) is 38.3 Å². The molecule has 5 heteroatoms. The molecular weight excluding hydrogens is 268 g/mol. The molecule has 0 aliphatic carbocycles. The molecule has 1 aromatic rings. The monoisotopic (exact) mass is 290 g/mol. The summed E-state index contributed by atoms with van der Waals surface area (Å²) in [5.74, 6) is -0.906. The van der Waals surface area contributed by atoms with Crippen LogP contribution in [0.1, 0.15) is 26.7 Å². The van der Waals surface area contributed by atoms with E-state index < -0.39 is 11.5 Å². The number of carbonyl (C=O) groups is 2. The molecule has 114 valence electrons. The standard InChI is InChI=1S/C16H22N2O3/c1-13(2)18(12-19)16(15(20)21)8-10-17(11-9-16)14-6-4-3-5-7-14/h3-7,12-13H,8-11H2,1-2H3,(H,20,21). The number of hydrogen-bond acceptors (Lipinski definition) is 3. The Hall–Kier alpha value is -2.04. The molecule has 0 radical (unpaired) electrons. The number of amides is 1. The molecular formula is C16H22N2O3. The number of para-hydroxylation sites is 1. The predicted octanol–water partition coefficient (Wildman–Crippen LogP) is 1.98. The molecule has 0 bridgehead atoms. The van der Waals surface area contributed by atoms with Crippen molar-refractivity contribution in [1.29, 1.82) is 0 Å². The zero-order chi connectivity index (χ0) is 15.5. The minimum atomic E-state index is -1.08. The second-order valence-corrected chi connectivity index (χ2v) is 5.77. The normalized spacial score (nSPS) is 17.6. The molecule has 0 saturated carbocycles. The van der Waals surface area contributed by atoms with Gasteiger partial charge < -0.3 is 14.9 Å². The van der Waals surface area contributed by atoms with Crippen molar-refractivity contribution in [2.75, 3.05) is 18.0 Å². The fraction of sp³-hybridized carbons (Fsp3) is 0.500. The molecule has 1 aliphatic heterocycles. The van der Waals surface area contributed by atoms with Crippen LogP contribution in [0.4, 0.5) is 5.69 Å². The van der Waals surface area contributed by atoms with E-state index in [0.29, 0.717) is 32.3 Å².